The van der Waals surface area contributed by atoms with E-state index in [9.17, 15) is 56.2 Å². The van der Waals surface area contributed by atoms with Gasteiger partial charge in [0, 0.05) is 0 Å². The molecule has 0 aromatic carbocycles. The highest BCUT2D eigenvalue weighted by Gasteiger charge is 2.55. The summed E-state index contributed by atoms with van der Waals surface area (Å²) in [5, 5.41) is 111. The fraction of sp³-hybridized carbons (Fsp3) is 1.00. The topological polar surface area (TPSA) is 285 Å². The maximum atomic E-state index is 10.8. The van der Waals surface area contributed by atoms with E-state index in [0.29, 0.717) is 0 Å². The minimum Gasteiger partial charge on any atom is -0.394 e. The van der Waals surface area contributed by atoms with Gasteiger partial charge < -0.3 is 80.9 Å². The molecular formula is C18H33NO15. The zero-order chi connectivity index (χ0) is 25.5. The molecule has 3 fully saturated rings. The highest BCUT2D eigenvalue weighted by atomic mass is 16.7. The summed E-state index contributed by atoms with van der Waals surface area (Å²) < 4.78 is 21.2. The second-order valence-electron chi connectivity index (χ2n) is 8.64. The summed E-state index contributed by atoms with van der Waals surface area (Å²) in [6.45, 7) is -1.54. The minimum absolute atomic E-state index is 0.754. The number of aliphatic hydroxyl groups excluding tert-OH is 11. The number of ether oxygens (including phenoxy) is 4. The number of rotatable bonds is 6. The van der Waals surface area contributed by atoms with Crippen LogP contribution in [0.1, 0.15) is 0 Å². The molecule has 3 aliphatic rings. The lowest BCUT2D eigenvalue weighted by molar-refractivity contribution is -0.357. The first-order valence-electron chi connectivity index (χ1n) is 10.7. The van der Waals surface area contributed by atoms with Crippen molar-refractivity contribution in [2.45, 2.75) is 98.0 Å². The molecule has 3 saturated heterocycles. The van der Waals surface area contributed by atoms with Crippen LogP contribution < -0.4 is 5.73 Å². The van der Waals surface area contributed by atoms with Gasteiger partial charge in [-0.2, -0.15) is 0 Å². The van der Waals surface area contributed by atoms with Gasteiger partial charge in [0.15, 0.2) is 12.6 Å². The molecule has 34 heavy (non-hydrogen) atoms. The Hall–Kier alpha value is -0.640. The van der Waals surface area contributed by atoms with Gasteiger partial charge in [0.2, 0.25) is 0 Å². The summed E-state index contributed by atoms with van der Waals surface area (Å²) >= 11 is 0. The molecule has 3 aliphatic heterocycles. The Bertz CT molecular complexity index is 657. The normalized spacial score (nSPS) is 53.5. The van der Waals surface area contributed by atoms with Crippen molar-refractivity contribution in [2.24, 2.45) is 5.73 Å². The quantitative estimate of drug-likeness (QED) is 0.160. The van der Waals surface area contributed by atoms with Gasteiger partial charge in [0.1, 0.15) is 79.4 Å². The highest BCUT2D eigenvalue weighted by molar-refractivity contribution is 5.01. The maximum Gasteiger partial charge on any atom is 0.187 e. The van der Waals surface area contributed by atoms with Crippen LogP contribution in [0.25, 0.3) is 0 Å². The third kappa shape index (κ3) is 5.09. The first-order valence-corrected chi connectivity index (χ1v) is 10.7. The molecule has 0 saturated carbocycles. The molecule has 200 valence electrons. The van der Waals surface area contributed by atoms with Crippen LogP contribution >= 0.6 is 0 Å². The van der Waals surface area contributed by atoms with Gasteiger partial charge in [-0.05, 0) is 0 Å². The molecule has 0 aliphatic carbocycles. The van der Waals surface area contributed by atoms with Crippen molar-refractivity contribution in [3.05, 3.63) is 0 Å². The molecule has 3 unspecified atom stereocenters. The van der Waals surface area contributed by atoms with Crippen LogP contribution in [0.4, 0.5) is 0 Å². The minimum atomic E-state index is -2.00. The maximum absolute atomic E-state index is 10.8. The van der Waals surface area contributed by atoms with Gasteiger partial charge in [0.25, 0.3) is 0 Å². The van der Waals surface area contributed by atoms with Gasteiger partial charge in [-0.1, -0.05) is 0 Å². The Labute approximate surface area is 192 Å². The third-order valence-electron chi connectivity index (χ3n) is 6.42. The Morgan fingerprint density at radius 2 is 1.18 bits per heavy atom. The van der Waals surface area contributed by atoms with Crippen molar-refractivity contribution in [3.8, 4) is 0 Å². The second kappa shape index (κ2) is 11.2. The van der Waals surface area contributed by atoms with E-state index in [0.717, 1.165) is 0 Å². The van der Waals surface area contributed by atoms with Gasteiger partial charge in [-0.15, -0.1) is 0 Å². The highest BCUT2D eigenvalue weighted by Crippen LogP contribution is 2.32. The van der Waals surface area contributed by atoms with Crippen molar-refractivity contribution >= 4 is 0 Å². The molecule has 3 heterocycles. The molecule has 3 rings (SSSR count). The molecule has 0 amide bonds. The van der Waals surface area contributed by atoms with Gasteiger partial charge >= 0.3 is 0 Å². The van der Waals surface area contributed by atoms with Crippen molar-refractivity contribution in [3.63, 3.8) is 0 Å². The van der Waals surface area contributed by atoms with Crippen LogP contribution in [0.3, 0.4) is 0 Å². The van der Waals surface area contributed by atoms with Gasteiger partial charge in [0.05, 0.1) is 19.3 Å². The zero-order valence-electron chi connectivity index (χ0n) is 17.8. The smallest absolute Gasteiger partial charge is 0.187 e. The summed E-state index contributed by atoms with van der Waals surface area (Å²) in [6, 6.07) is -1.38. The van der Waals surface area contributed by atoms with Crippen molar-refractivity contribution < 1.29 is 75.1 Å². The summed E-state index contributed by atoms with van der Waals surface area (Å²) in [6.07, 6.45) is -26.2. The van der Waals surface area contributed by atoms with Crippen LogP contribution in [-0.2, 0) is 18.9 Å². The molecule has 0 radical (unpaired) electrons. The summed E-state index contributed by atoms with van der Waals surface area (Å²) in [4.78, 5) is 0. The molecule has 0 aromatic heterocycles. The Balaban J connectivity index is 1.79. The third-order valence-corrected chi connectivity index (χ3v) is 6.42. The van der Waals surface area contributed by atoms with E-state index < -0.39 is 111 Å². The largest absolute Gasteiger partial charge is 0.394 e. The van der Waals surface area contributed by atoms with E-state index >= 15 is 0 Å². The summed E-state index contributed by atoms with van der Waals surface area (Å²) in [7, 11) is 0. The van der Waals surface area contributed by atoms with E-state index in [1.54, 1.807) is 0 Å². The lowest BCUT2D eigenvalue weighted by Crippen LogP contribution is -2.69. The number of hydrogen-bond donors (Lipinski definition) is 12. The van der Waals surface area contributed by atoms with E-state index in [2.05, 4.69) is 0 Å². The van der Waals surface area contributed by atoms with Crippen LogP contribution in [0.15, 0.2) is 0 Å². The zero-order valence-corrected chi connectivity index (χ0v) is 17.8. The Kier molecular flexibility index (Phi) is 9.18. The van der Waals surface area contributed by atoms with E-state index in [-0.39, 0.29) is 0 Å². The average molecular weight is 503 g/mol. The van der Waals surface area contributed by atoms with Crippen LogP contribution in [-0.4, -0.2) is 167 Å². The van der Waals surface area contributed by atoms with E-state index in [4.69, 9.17) is 24.7 Å². The lowest BCUT2D eigenvalue weighted by atomic mass is 9.86. The number of hydrogen-bond acceptors (Lipinski definition) is 16. The summed E-state index contributed by atoms with van der Waals surface area (Å²) in [5.74, 6) is 0. The summed E-state index contributed by atoms with van der Waals surface area (Å²) in [5.41, 5.74) is 5.63. The molecule has 0 bridgehead atoms. The molecule has 13 N–H and O–H groups in total. The van der Waals surface area contributed by atoms with Crippen LogP contribution in [0.5, 0.6) is 0 Å². The van der Waals surface area contributed by atoms with Crippen molar-refractivity contribution in [1.82, 2.24) is 0 Å². The fourth-order valence-corrected chi connectivity index (χ4v) is 4.29. The van der Waals surface area contributed by atoms with E-state index in [1.807, 2.05) is 0 Å². The Morgan fingerprint density at radius 3 is 1.74 bits per heavy atom. The number of aliphatic hydroxyl groups is 11. The number of nitrogens with two attached hydrogens (primary N) is 1. The second-order valence-corrected chi connectivity index (χ2v) is 8.64. The molecule has 0 spiro atoms. The van der Waals surface area contributed by atoms with Crippen LogP contribution in [0.2, 0.25) is 0 Å². The van der Waals surface area contributed by atoms with Crippen LogP contribution in [0, 0.1) is 0 Å². The monoisotopic (exact) mass is 503 g/mol. The lowest BCUT2D eigenvalue weighted by Gasteiger charge is -2.48. The fourth-order valence-electron chi connectivity index (χ4n) is 4.29. The van der Waals surface area contributed by atoms with Crippen molar-refractivity contribution in [2.75, 3.05) is 13.2 Å². The van der Waals surface area contributed by atoms with Gasteiger partial charge in [-0.3, -0.25) is 0 Å². The first-order chi connectivity index (χ1) is 15.9. The first kappa shape index (κ1) is 27.9. The Morgan fingerprint density at radius 1 is 0.647 bits per heavy atom. The molecule has 16 atom stereocenters. The van der Waals surface area contributed by atoms with E-state index in [1.165, 1.54) is 0 Å². The predicted octanol–water partition coefficient (Wildman–Crippen LogP) is -8.22. The van der Waals surface area contributed by atoms with Gasteiger partial charge in [-0.25, -0.2) is 0 Å². The van der Waals surface area contributed by atoms with Crippen molar-refractivity contribution in [1.29, 1.82) is 0 Å². The average Bonchev–Trinajstić information content (AvgIpc) is 2.82. The SMILES string of the molecule is N[C@H]1C(O)O[C@H](CO)[C@@H](O[C@@H]2O[C@H](C(O)C3O[C@H](CO)[C@H](O)[C@H](O)[C@H]3O)[C@H](O)[C@H](O)[C@H]2O)[C@@H]1O. The molecule has 16 heteroatoms. The standard InChI is InChI=1S/C18H33NO15/c19-5-7(23)14(4(2-21)32-17(5)30)33-18-12(28)9(25)11(27)16(34-18)13(29)15-10(26)8(24)6(22)3(1-20)31-15/h3-18,20-30H,1-2,19H2/t3-,4-,5-,6+,7-,8+,9+,10-,11-,12-,13?,14-,15?,16+,17?,18-/m1/s1. The molecule has 16 nitrogen and oxygen atoms in total. The molecule has 0 aromatic rings. The predicted molar refractivity (Wildman–Crippen MR) is 103 cm³/mol. The molecular weight excluding hydrogens is 470 g/mol.